The van der Waals surface area contributed by atoms with Crippen LogP contribution in [0.25, 0.3) is 0 Å². The first-order valence-electron chi connectivity index (χ1n) is 50.5. The van der Waals surface area contributed by atoms with Gasteiger partial charge in [-0.25, -0.2) is 0 Å². The van der Waals surface area contributed by atoms with E-state index in [1.54, 1.807) is 0 Å². The van der Waals surface area contributed by atoms with Gasteiger partial charge in [-0.3, -0.25) is 76.5 Å². The highest BCUT2D eigenvalue weighted by Crippen LogP contribution is 2.37. The lowest BCUT2D eigenvalue weighted by Gasteiger charge is -2.42. The lowest BCUT2D eigenvalue weighted by Crippen LogP contribution is -2.64. The number of aliphatic hydroxyl groups is 12. The molecule has 14 amide bonds. The Morgan fingerprint density at radius 1 is 0.367 bits per heavy atom. The first-order valence-corrected chi connectivity index (χ1v) is 53.0. The molecule has 0 spiro atoms. The van der Waals surface area contributed by atoms with E-state index in [1.807, 2.05) is 0 Å². The van der Waals surface area contributed by atoms with Crippen molar-refractivity contribution in [3.05, 3.63) is 29.3 Å². The molecule has 4 aliphatic rings. The van der Waals surface area contributed by atoms with Gasteiger partial charge in [-0.1, -0.05) is 19.3 Å². The number of carboxylic acid groups (broad SMARTS) is 1. The summed E-state index contributed by atoms with van der Waals surface area (Å²) in [7, 11) is -3.35. The van der Waals surface area contributed by atoms with Gasteiger partial charge in [0.2, 0.25) is 70.9 Å². The van der Waals surface area contributed by atoms with Crippen molar-refractivity contribution in [2.75, 3.05) is 131 Å². The Kier molecular flexibility index (Phi) is 63.3. The Bertz CT molecular complexity index is 4150. The topological polar surface area (TPSA) is 829 Å². The Morgan fingerprint density at radius 3 is 1.05 bits per heavy atom. The van der Waals surface area contributed by atoms with Crippen LogP contribution in [0.15, 0.2) is 18.2 Å². The van der Waals surface area contributed by atoms with Crippen LogP contribution in [0.1, 0.15) is 209 Å². The smallest absolute Gasteiger partial charge is 0.305 e. The number of nitrogens with one attached hydrogen (secondary N) is 14. The minimum absolute atomic E-state index is 0.00146. The molecule has 55 nitrogen and oxygen atoms in total. The number of thioether (sulfide) groups is 1. The van der Waals surface area contributed by atoms with Crippen molar-refractivity contribution in [2.24, 2.45) is 0 Å². The molecule has 4 fully saturated rings. The highest BCUT2D eigenvalue weighted by Gasteiger charge is 2.50. The molecule has 0 radical (unpaired) electrons. The molecule has 150 heavy (non-hydrogen) atoms. The normalized spacial score (nSPS) is 24.5. The number of ether oxygens (including phenoxy) is 9. The summed E-state index contributed by atoms with van der Waals surface area (Å²) in [4.78, 5) is 207. The predicted octanol–water partition coefficient (Wildman–Crippen LogP) is -7.90. The van der Waals surface area contributed by atoms with Crippen molar-refractivity contribution in [3.8, 4) is 5.75 Å². The molecule has 1 aromatic carbocycles. The third-order valence-electron chi connectivity index (χ3n) is 24.0. The number of carbonyl (C=O) groups is 15. The summed E-state index contributed by atoms with van der Waals surface area (Å²) >= 11 is 1.13. The zero-order valence-electron chi connectivity index (χ0n) is 85.2. The van der Waals surface area contributed by atoms with Crippen molar-refractivity contribution in [1.82, 2.24) is 74.4 Å². The number of phosphoric ester groups is 1. The van der Waals surface area contributed by atoms with Gasteiger partial charge in [0.05, 0.1) is 51.2 Å². The van der Waals surface area contributed by atoms with Crippen LogP contribution in [-0.2, 0) is 114 Å². The van der Waals surface area contributed by atoms with E-state index in [4.69, 9.17) is 47.2 Å². The SMILES string of the molecule is COP(=O)([O-])OCCCCCCCSC(CC(=O)O)C(=O)NCCC(=O)NCCOc1cc(C(=O)NCCNC(=O)[C@H](CCCCNC(=O)CCCCOC2OC(CO)C(O)C(O)C2NC(C)=O)NC(=O)CCCCOC2OC(CO)C(O)C(O)C2NC(C)=O)cc(C(=O)NCCNC(=O)[C@H](CCCCNC(=O)CCCCOC2OC(CO)C(O)C(O)C2NC(C)=O)NC(=O)CCCCOC2OC(CO)C(O)C(O)C2NC(C)=O)c1. The van der Waals surface area contributed by atoms with Gasteiger partial charge in [-0.05, 0) is 127 Å². The molecule has 0 aromatic heterocycles. The van der Waals surface area contributed by atoms with E-state index in [9.17, 15) is 148 Å². The highest BCUT2D eigenvalue weighted by atomic mass is 32.2. The van der Waals surface area contributed by atoms with E-state index in [2.05, 4.69) is 79.0 Å². The highest BCUT2D eigenvalue weighted by molar-refractivity contribution is 8.00. The summed E-state index contributed by atoms with van der Waals surface area (Å²) in [6.07, 6.45) is -17.0. The number of aliphatic hydroxyl groups excluding tert-OH is 12. The van der Waals surface area contributed by atoms with Crippen molar-refractivity contribution in [1.29, 1.82) is 0 Å². The van der Waals surface area contributed by atoms with E-state index in [-0.39, 0.29) is 204 Å². The fraction of sp³-hybridized carbons (Fsp3) is 0.774. The second kappa shape index (κ2) is 72.4. The van der Waals surface area contributed by atoms with Crippen molar-refractivity contribution >= 4 is 108 Å². The van der Waals surface area contributed by atoms with Gasteiger partial charge in [-0.2, -0.15) is 0 Å². The summed E-state index contributed by atoms with van der Waals surface area (Å²) in [5, 5.41) is 169. The standard InChI is InChI=1S/C93H157N14O41PS/c1-53(112)102-73-81(127)77(123)62(49-108)145-90(73)140-38-18-11-25-67(116)94-30-15-9-23-60(106-70(119)27-13-20-40-142-92-75(104-55(3)114)83(129)79(125)64(51-110)147-92)87(133)100-35-33-98-85(131)57-45-58(47-59(46-57)139-43-37-96-69(118)29-32-97-89(135)66(48-72(121)122)150-44-22-8-6-7-17-42-144-149(136,137)138-5)86(132)99-34-36-101-88(134)61(107-71(120)28-14-21-41-143-93-76(105-56(4)115)84(130)80(126)65(52-111)148-93)24-10-16-31-95-68(117)26-12-19-39-141-91-74(103-54(2)113)82(128)78(124)63(50-109)146-91/h45-47,60-66,73-84,90-93,108-111,123-130H,6-44,48-52H2,1-5H3,(H,94,116)(H,95,117)(H,96,118)(H,97,135)(H,98,131)(H,99,132)(H,100,133)(H,101,134)(H,102,112)(H,103,113)(H,104,114)(H,105,115)(H,106,119)(H,107,120)(H,121,122)(H,136,137)/p-1/t60-,61-,62?,63?,64?,65?,66?,73?,74?,75?,76?,77?,78?,79?,80?,81?,82?,83?,84?,90?,91?,92?,93?/m0/s1. The maximum absolute atomic E-state index is 14.2. The average molecular weight is 2190 g/mol. The molecular formula is C93H156N14O41PS-. The average Bonchev–Trinajstić information content (AvgIpc) is 0.821. The third kappa shape index (κ3) is 49.9. The maximum Gasteiger partial charge on any atom is 0.305 e. The molecule has 4 aliphatic heterocycles. The summed E-state index contributed by atoms with van der Waals surface area (Å²) in [5.74, 6) is -9.12. The minimum atomic E-state index is -4.34. The Hall–Kier alpha value is -9.27. The Balaban J connectivity index is 1.27. The summed E-state index contributed by atoms with van der Waals surface area (Å²) in [6, 6.07) is -3.42. The number of carboxylic acids is 1. The second-order valence-corrected chi connectivity index (χ2v) is 39.1. The molecule has 4 saturated heterocycles. The van der Waals surface area contributed by atoms with Crippen LogP contribution in [0.3, 0.4) is 0 Å². The van der Waals surface area contributed by atoms with Gasteiger partial charge >= 0.3 is 5.97 Å². The number of carbonyl (C=O) groups excluding carboxylic acids is 14. The first kappa shape index (κ1) is 131. The van der Waals surface area contributed by atoms with Crippen LogP contribution in [0, 0.1) is 0 Å². The lowest BCUT2D eigenvalue weighted by molar-refractivity contribution is -0.270. The zero-order chi connectivity index (χ0) is 111. The third-order valence-corrected chi connectivity index (χ3v) is 26.3. The lowest BCUT2D eigenvalue weighted by atomic mass is 9.97. The van der Waals surface area contributed by atoms with Crippen molar-refractivity contribution < 1.29 is 199 Å². The number of unbranched alkanes of at least 4 members (excludes halogenated alkanes) is 10. The van der Waals surface area contributed by atoms with Gasteiger partial charge in [-0.15, -0.1) is 11.8 Å². The van der Waals surface area contributed by atoms with E-state index in [1.165, 1.54) is 45.9 Å². The van der Waals surface area contributed by atoms with Crippen LogP contribution >= 0.6 is 19.6 Å². The molecule has 0 bridgehead atoms. The molecule has 22 unspecified atom stereocenters. The first-order chi connectivity index (χ1) is 71.5. The molecule has 0 aliphatic carbocycles. The molecule has 57 heteroatoms. The number of benzene rings is 1. The molecule has 856 valence electrons. The fourth-order valence-corrected chi connectivity index (χ4v) is 17.6. The Labute approximate surface area is 872 Å². The van der Waals surface area contributed by atoms with Crippen molar-refractivity contribution in [3.63, 3.8) is 0 Å². The zero-order valence-corrected chi connectivity index (χ0v) is 86.9. The van der Waals surface area contributed by atoms with Gasteiger partial charge in [0.15, 0.2) is 25.2 Å². The number of amides is 14. The van der Waals surface area contributed by atoms with Crippen LogP contribution in [0.5, 0.6) is 5.75 Å². The summed E-state index contributed by atoms with van der Waals surface area (Å²) < 4.78 is 71.8. The molecule has 0 saturated carbocycles. The Morgan fingerprint density at radius 2 is 0.693 bits per heavy atom. The molecule has 24 atom stereocenters. The summed E-state index contributed by atoms with van der Waals surface area (Å²) in [5.41, 5.74) is -0.343. The number of hydrogen-bond acceptors (Lipinski definition) is 41. The van der Waals surface area contributed by atoms with Gasteiger partial charge < -0.3 is 197 Å². The van der Waals surface area contributed by atoms with E-state index in [0.717, 1.165) is 18.9 Å². The predicted molar refractivity (Wildman–Crippen MR) is 524 cm³/mol. The molecule has 27 N–H and O–H groups in total. The number of phosphoric acid groups is 1. The molecular weight excluding hydrogens is 2030 g/mol. The summed E-state index contributed by atoms with van der Waals surface area (Å²) in [6.45, 7) is 0.434. The van der Waals surface area contributed by atoms with Crippen LogP contribution in [-0.4, -0.2) is 426 Å². The second-order valence-electron chi connectivity index (χ2n) is 36.2. The number of hydrogen-bond donors (Lipinski definition) is 27. The van der Waals surface area contributed by atoms with Crippen LogP contribution in [0.2, 0.25) is 0 Å². The van der Waals surface area contributed by atoms with Crippen LogP contribution in [0.4, 0.5) is 0 Å². The molecule has 1 aromatic rings. The van der Waals surface area contributed by atoms with Gasteiger partial charge in [0.1, 0.15) is 122 Å². The van der Waals surface area contributed by atoms with Gasteiger partial charge in [0, 0.05) is 150 Å². The monoisotopic (exact) mass is 2190 g/mol. The minimum Gasteiger partial charge on any atom is -0.756 e. The quantitative estimate of drug-likeness (QED) is 0.0213. The van der Waals surface area contributed by atoms with E-state index in [0.29, 0.717) is 76.4 Å². The van der Waals surface area contributed by atoms with Gasteiger partial charge in [0.25, 0.3) is 19.6 Å². The molecule has 5 rings (SSSR count). The van der Waals surface area contributed by atoms with Crippen molar-refractivity contribution in [2.45, 2.75) is 328 Å². The largest absolute Gasteiger partial charge is 0.756 e. The number of aliphatic carboxylic acids is 1. The van der Waals surface area contributed by atoms with E-state index < -0.39 is 257 Å². The van der Waals surface area contributed by atoms with Crippen LogP contribution < -0.4 is 84.1 Å². The number of rotatable bonds is 75. The molecule has 4 heterocycles. The fourth-order valence-electron chi connectivity index (χ4n) is 16.0. The van der Waals surface area contributed by atoms with E-state index >= 15 is 0 Å². The maximum atomic E-state index is 14.2.